The fourth-order valence-electron chi connectivity index (χ4n) is 3.42. The molecule has 0 saturated carbocycles. The second kappa shape index (κ2) is 11.8. The van der Waals surface area contributed by atoms with E-state index < -0.39 is 0 Å². The molecule has 0 aliphatic carbocycles. The Labute approximate surface area is 189 Å². The highest BCUT2D eigenvalue weighted by atomic mass is 127. The molecule has 0 radical (unpaired) electrons. The Morgan fingerprint density at radius 3 is 2.79 bits per heavy atom. The first-order chi connectivity index (χ1) is 13.2. The van der Waals surface area contributed by atoms with Crippen molar-refractivity contribution >= 4 is 41.3 Å². The Hall–Kier alpha value is -1.13. The molecule has 0 amide bonds. The Morgan fingerprint density at radius 2 is 2.18 bits per heavy atom. The summed E-state index contributed by atoms with van der Waals surface area (Å²) in [6.07, 6.45) is 3.44. The largest absolute Gasteiger partial charge is 0.359 e. The molecule has 156 valence electrons. The summed E-state index contributed by atoms with van der Waals surface area (Å²) in [5.74, 6) is 2.45. The minimum absolute atomic E-state index is 0. The van der Waals surface area contributed by atoms with E-state index in [-0.39, 0.29) is 24.0 Å². The minimum atomic E-state index is 0. The molecule has 1 fully saturated rings. The first kappa shape index (κ1) is 23.2. The topological polar surface area (TPSA) is 65.7 Å². The molecule has 6 nitrogen and oxygen atoms in total. The molecule has 1 unspecified atom stereocenters. The zero-order chi connectivity index (χ0) is 19.1. The summed E-state index contributed by atoms with van der Waals surface area (Å²) in [5.41, 5.74) is 0.979. The second-order valence-corrected chi connectivity index (χ2v) is 8.17. The van der Waals surface area contributed by atoms with Crippen LogP contribution in [0.15, 0.2) is 33.1 Å². The third-order valence-electron chi connectivity index (χ3n) is 5.22. The molecule has 1 aliphatic rings. The van der Waals surface area contributed by atoms with Gasteiger partial charge in [-0.1, -0.05) is 25.1 Å². The van der Waals surface area contributed by atoms with E-state index in [4.69, 9.17) is 4.52 Å². The lowest BCUT2D eigenvalue weighted by atomic mass is 9.97. The molecule has 1 saturated heterocycles. The molecule has 0 bridgehead atoms. The Balaban J connectivity index is 0.00000280. The van der Waals surface area contributed by atoms with Crippen molar-refractivity contribution < 1.29 is 4.52 Å². The summed E-state index contributed by atoms with van der Waals surface area (Å²) in [6, 6.07) is 6.75. The molecular weight excluding hydrogens is 485 g/mol. The second-order valence-electron chi connectivity index (χ2n) is 7.19. The van der Waals surface area contributed by atoms with Gasteiger partial charge in [-0.05, 0) is 49.7 Å². The fourth-order valence-corrected chi connectivity index (χ4v) is 4.28. The number of aryl methyl sites for hydroxylation is 1. The van der Waals surface area contributed by atoms with Crippen LogP contribution in [0.5, 0.6) is 0 Å². The van der Waals surface area contributed by atoms with Crippen molar-refractivity contribution in [2.24, 2.45) is 10.9 Å². The third kappa shape index (κ3) is 6.45. The highest BCUT2D eigenvalue weighted by Gasteiger charge is 2.25. The molecule has 0 spiro atoms. The van der Waals surface area contributed by atoms with Crippen molar-refractivity contribution in [1.82, 2.24) is 20.7 Å². The van der Waals surface area contributed by atoms with Crippen molar-refractivity contribution in [3.05, 3.63) is 39.9 Å². The van der Waals surface area contributed by atoms with E-state index in [1.807, 2.05) is 17.4 Å². The van der Waals surface area contributed by atoms with Crippen LogP contribution in [0, 0.1) is 5.92 Å². The van der Waals surface area contributed by atoms with Gasteiger partial charge in [-0.2, -0.15) is 0 Å². The lowest BCUT2D eigenvalue weighted by molar-refractivity contribution is 0.140. The van der Waals surface area contributed by atoms with E-state index >= 15 is 0 Å². The number of rotatable bonds is 7. The highest BCUT2D eigenvalue weighted by Crippen LogP contribution is 2.29. The van der Waals surface area contributed by atoms with Crippen LogP contribution in [-0.4, -0.2) is 42.7 Å². The summed E-state index contributed by atoms with van der Waals surface area (Å²) >= 11 is 1.83. The summed E-state index contributed by atoms with van der Waals surface area (Å²) in [5, 5.41) is 13.0. The summed E-state index contributed by atoms with van der Waals surface area (Å²) in [4.78, 5) is 8.38. The number of hydrogen-bond donors (Lipinski definition) is 2. The highest BCUT2D eigenvalue weighted by molar-refractivity contribution is 14.0. The molecule has 3 rings (SSSR count). The maximum Gasteiger partial charge on any atom is 0.191 e. The van der Waals surface area contributed by atoms with Crippen molar-refractivity contribution in [1.29, 1.82) is 0 Å². The van der Waals surface area contributed by atoms with Crippen LogP contribution in [0.3, 0.4) is 0 Å². The first-order valence-electron chi connectivity index (χ1n) is 9.86. The van der Waals surface area contributed by atoms with Gasteiger partial charge < -0.3 is 15.2 Å². The SMILES string of the molecule is CCc1cc(CNC(=NC)NCC(c2cccs2)N2CCC(C)CC2)on1.I. The normalized spacial score (nSPS) is 17.2. The number of halogens is 1. The van der Waals surface area contributed by atoms with Gasteiger partial charge in [-0.3, -0.25) is 9.89 Å². The van der Waals surface area contributed by atoms with Crippen LogP contribution in [0.25, 0.3) is 0 Å². The van der Waals surface area contributed by atoms with Gasteiger partial charge in [-0.25, -0.2) is 0 Å². The molecule has 1 aliphatic heterocycles. The van der Waals surface area contributed by atoms with Crippen molar-refractivity contribution in [3.8, 4) is 0 Å². The summed E-state index contributed by atoms with van der Waals surface area (Å²) < 4.78 is 5.34. The van der Waals surface area contributed by atoms with Crippen LogP contribution >= 0.6 is 35.3 Å². The zero-order valence-electron chi connectivity index (χ0n) is 17.0. The number of nitrogens with one attached hydrogen (secondary N) is 2. The zero-order valence-corrected chi connectivity index (χ0v) is 20.1. The van der Waals surface area contributed by atoms with Crippen molar-refractivity contribution in [3.63, 3.8) is 0 Å². The minimum Gasteiger partial charge on any atom is -0.359 e. The number of likely N-dealkylation sites (tertiary alicyclic amines) is 1. The molecular formula is C20H32IN5OS. The van der Waals surface area contributed by atoms with E-state index in [2.05, 4.69) is 57.0 Å². The van der Waals surface area contributed by atoms with E-state index in [1.165, 1.54) is 17.7 Å². The number of piperidine rings is 1. The van der Waals surface area contributed by atoms with E-state index in [1.54, 1.807) is 7.05 Å². The van der Waals surface area contributed by atoms with Gasteiger partial charge >= 0.3 is 0 Å². The van der Waals surface area contributed by atoms with E-state index in [0.29, 0.717) is 12.6 Å². The van der Waals surface area contributed by atoms with Crippen LogP contribution < -0.4 is 10.6 Å². The lowest BCUT2D eigenvalue weighted by Gasteiger charge is -2.36. The van der Waals surface area contributed by atoms with Crippen LogP contribution in [0.4, 0.5) is 0 Å². The number of hydrogen-bond acceptors (Lipinski definition) is 5. The molecule has 8 heteroatoms. The van der Waals surface area contributed by atoms with Gasteiger partial charge in [0.25, 0.3) is 0 Å². The molecule has 3 heterocycles. The van der Waals surface area contributed by atoms with Gasteiger partial charge in [0.2, 0.25) is 0 Å². The van der Waals surface area contributed by atoms with Crippen LogP contribution in [-0.2, 0) is 13.0 Å². The smallest absolute Gasteiger partial charge is 0.191 e. The number of nitrogens with zero attached hydrogens (tertiary/aromatic N) is 3. The Morgan fingerprint density at radius 1 is 1.39 bits per heavy atom. The number of aromatic nitrogens is 1. The monoisotopic (exact) mass is 517 g/mol. The predicted molar refractivity (Wildman–Crippen MR) is 127 cm³/mol. The third-order valence-corrected chi connectivity index (χ3v) is 6.19. The van der Waals surface area contributed by atoms with Gasteiger partial charge in [0.15, 0.2) is 11.7 Å². The molecule has 2 aromatic heterocycles. The number of aliphatic imine (C=N–C) groups is 1. The predicted octanol–water partition coefficient (Wildman–Crippen LogP) is 4.05. The summed E-state index contributed by atoms with van der Waals surface area (Å²) in [7, 11) is 1.80. The van der Waals surface area contributed by atoms with Crippen LogP contribution in [0.1, 0.15) is 49.1 Å². The fraction of sp³-hybridized carbons (Fsp3) is 0.600. The van der Waals surface area contributed by atoms with E-state index in [0.717, 1.165) is 49.4 Å². The standard InChI is InChI=1S/C20H31N5OS.HI/c1-4-16-12-17(26-24-16)13-22-20(21-3)23-14-18(19-6-5-11-27-19)25-9-7-15(2)8-10-25;/h5-6,11-12,15,18H,4,7-10,13-14H2,1-3H3,(H2,21,22,23);1H. The van der Waals surface area contributed by atoms with Gasteiger partial charge in [0, 0.05) is 24.5 Å². The van der Waals surface area contributed by atoms with Gasteiger partial charge in [0.05, 0.1) is 18.3 Å². The van der Waals surface area contributed by atoms with Gasteiger partial charge in [0.1, 0.15) is 0 Å². The van der Waals surface area contributed by atoms with Crippen LogP contribution in [0.2, 0.25) is 0 Å². The molecule has 28 heavy (non-hydrogen) atoms. The maximum absolute atomic E-state index is 5.34. The molecule has 2 aromatic rings. The molecule has 0 aromatic carbocycles. The first-order valence-corrected chi connectivity index (χ1v) is 10.7. The number of thiophene rings is 1. The summed E-state index contributed by atoms with van der Waals surface area (Å²) in [6.45, 7) is 8.17. The average molecular weight is 517 g/mol. The van der Waals surface area contributed by atoms with Crippen molar-refractivity contribution in [2.75, 3.05) is 26.7 Å². The Kier molecular flexibility index (Phi) is 9.73. The lowest BCUT2D eigenvalue weighted by Crippen LogP contribution is -2.44. The number of guanidine groups is 1. The van der Waals surface area contributed by atoms with E-state index in [9.17, 15) is 0 Å². The molecule has 1 atom stereocenters. The molecule has 2 N–H and O–H groups in total. The van der Waals surface area contributed by atoms with Crippen molar-refractivity contribution in [2.45, 2.75) is 45.7 Å². The van der Waals surface area contributed by atoms with Gasteiger partial charge in [-0.15, -0.1) is 35.3 Å². The quantitative estimate of drug-likeness (QED) is 0.330. The maximum atomic E-state index is 5.34. The Bertz CT molecular complexity index is 710. The average Bonchev–Trinajstić information content (AvgIpc) is 3.37.